The molecule has 0 spiro atoms. The van der Waals surface area contributed by atoms with Gasteiger partial charge in [0.15, 0.2) is 5.67 Å². The fraction of sp³-hybridized carbons (Fsp3) is 0.517. The number of rotatable bonds is 8. The van der Waals surface area contributed by atoms with Gasteiger partial charge in [0.05, 0.1) is 38.0 Å². The molecule has 2 saturated heterocycles. The zero-order chi connectivity index (χ0) is 27.0. The molecule has 1 amide bonds. The highest BCUT2D eigenvalue weighted by atomic mass is 19.1. The van der Waals surface area contributed by atoms with Crippen LogP contribution in [0.2, 0.25) is 0 Å². The summed E-state index contributed by atoms with van der Waals surface area (Å²) in [5.41, 5.74) is 2.16. The third-order valence-corrected chi connectivity index (χ3v) is 8.21. The lowest BCUT2D eigenvalue weighted by Gasteiger charge is -2.41. The number of hydrogen-bond donors (Lipinski definition) is 2. The Morgan fingerprint density at radius 2 is 1.97 bits per heavy atom. The summed E-state index contributed by atoms with van der Waals surface area (Å²) in [5, 5.41) is 3.84. The lowest BCUT2D eigenvalue weighted by Crippen LogP contribution is -2.55. The molecule has 38 heavy (non-hydrogen) atoms. The van der Waals surface area contributed by atoms with Crippen molar-refractivity contribution >= 4 is 16.8 Å². The number of alkyl halides is 1. The second-order valence-corrected chi connectivity index (χ2v) is 10.9. The van der Waals surface area contributed by atoms with Gasteiger partial charge in [0, 0.05) is 34.9 Å². The minimum absolute atomic E-state index is 0.0612. The van der Waals surface area contributed by atoms with Crippen LogP contribution in [-0.4, -0.2) is 66.0 Å². The maximum absolute atomic E-state index is 14.5. The molecule has 3 aromatic rings. The Morgan fingerprint density at radius 3 is 2.63 bits per heavy atom. The quantitative estimate of drug-likeness (QED) is 0.467. The first-order chi connectivity index (χ1) is 18.2. The van der Waals surface area contributed by atoms with Crippen LogP contribution < -0.4 is 15.6 Å². The number of fused-ring (bicyclic) bond motifs is 1. The number of hydrogen-bond acceptors (Lipinski definition) is 5. The van der Waals surface area contributed by atoms with Gasteiger partial charge < -0.3 is 24.3 Å². The molecular weight excluding hydrogens is 487 g/mol. The average Bonchev–Trinajstić information content (AvgIpc) is 3.18. The van der Waals surface area contributed by atoms with Crippen molar-refractivity contribution in [3.63, 3.8) is 0 Å². The van der Waals surface area contributed by atoms with E-state index in [9.17, 15) is 14.0 Å². The van der Waals surface area contributed by atoms with E-state index in [0.717, 1.165) is 42.5 Å². The predicted molar refractivity (Wildman–Crippen MR) is 145 cm³/mol. The van der Waals surface area contributed by atoms with Crippen LogP contribution in [-0.2, 0) is 11.3 Å². The Morgan fingerprint density at radius 1 is 1.26 bits per heavy atom. The number of piperidine rings is 1. The molecule has 0 saturated carbocycles. The zero-order valence-electron chi connectivity index (χ0n) is 22.6. The lowest BCUT2D eigenvalue weighted by molar-refractivity contribution is -0.143. The summed E-state index contributed by atoms with van der Waals surface area (Å²) < 4.78 is 27.3. The van der Waals surface area contributed by atoms with E-state index >= 15 is 0 Å². The fourth-order valence-corrected chi connectivity index (χ4v) is 6.12. The van der Waals surface area contributed by atoms with E-state index in [1.807, 2.05) is 25.1 Å². The van der Waals surface area contributed by atoms with Crippen molar-refractivity contribution < 1.29 is 18.7 Å². The number of ether oxygens (including phenoxy) is 2. The number of nitrogens with zero attached hydrogens (tertiary/aromatic N) is 2. The molecule has 2 aromatic heterocycles. The molecule has 204 valence electrons. The smallest absolute Gasteiger partial charge is 0.256 e. The Hall–Kier alpha value is -3.17. The number of amides is 1. The number of nitrogens with one attached hydrogen (secondary N) is 2. The molecule has 2 aliphatic heterocycles. The van der Waals surface area contributed by atoms with Crippen LogP contribution in [0, 0.1) is 19.8 Å². The van der Waals surface area contributed by atoms with Crippen molar-refractivity contribution in [1.82, 2.24) is 19.8 Å². The number of halogens is 1. The number of aromatic nitrogens is 2. The van der Waals surface area contributed by atoms with Gasteiger partial charge in [-0.2, -0.15) is 0 Å². The van der Waals surface area contributed by atoms with Crippen LogP contribution in [0.4, 0.5) is 4.39 Å². The monoisotopic (exact) mass is 524 g/mol. The van der Waals surface area contributed by atoms with Crippen molar-refractivity contribution in [3.05, 3.63) is 63.2 Å². The van der Waals surface area contributed by atoms with Gasteiger partial charge in [-0.15, -0.1) is 0 Å². The van der Waals surface area contributed by atoms with E-state index in [1.54, 1.807) is 13.0 Å². The van der Waals surface area contributed by atoms with Crippen molar-refractivity contribution in [2.45, 2.75) is 51.9 Å². The Kier molecular flexibility index (Phi) is 7.33. The SMILES string of the molecule is COc1cc(C)[nH]c(=O)c1CNC(=O)c1c(C)n(C(C)C2CCN(CC3(F)COC3)CC2)c2ccccc12. The highest BCUT2D eigenvalue weighted by Crippen LogP contribution is 2.36. The number of carbonyl (C=O) groups is 1. The molecule has 1 unspecified atom stereocenters. The summed E-state index contributed by atoms with van der Waals surface area (Å²) in [5.74, 6) is 0.645. The molecule has 2 fully saturated rings. The Bertz CT molecular complexity index is 1390. The van der Waals surface area contributed by atoms with Gasteiger partial charge in [-0.3, -0.25) is 14.5 Å². The summed E-state index contributed by atoms with van der Waals surface area (Å²) in [4.78, 5) is 31.0. The number of pyridine rings is 1. The second-order valence-electron chi connectivity index (χ2n) is 10.9. The minimum atomic E-state index is -1.19. The summed E-state index contributed by atoms with van der Waals surface area (Å²) in [6.07, 6.45) is 1.95. The van der Waals surface area contributed by atoms with Gasteiger partial charge in [-0.25, -0.2) is 4.39 Å². The number of aryl methyl sites for hydroxylation is 1. The second kappa shape index (κ2) is 10.5. The number of H-pyrrole nitrogens is 1. The Labute approximate surface area is 222 Å². The van der Waals surface area contributed by atoms with Crippen LogP contribution in [0.15, 0.2) is 35.1 Å². The summed E-state index contributed by atoms with van der Waals surface area (Å²) in [6.45, 7) is 8.62. The van der Waals surface area contributed by atoms with E-state index in [0.29, 0.717) is 35.0 Å². The molecule has 9 heteroatoms. The lowest BCUT2D eigenvalue weighted by atomic mass is 9.89. The highest BCUT2D eigenvalue weighted by molar-refractivity contribution is 6.08. The van der Waals surface area contributed by atoms with Crippen LogP contribution in [0.3, 0.4) is 0 Å². The topological polar surface area (TPSA) is 88.6 Å². The van der Waals surface area contributed by atoms with E-state index in [4.69, 9.17) is 9.47 Å². The minimum Gasteiger partial charge on any atom is -0.496 e. The molecule has 0 bridgehead atoms. The van der Waals surface area contributed by atoms with Crippen molar-refractivity contribution in [2.24, 2.45) is 5.92 Å². The van der Waals surface area contributed by atoms with E-state index < -0.39 is 5.67 Å². The first kappa shape index (κ1) is 26.4. The van der Waals surface area contributed by atoms with Crippen LogP contribution >= 0.6 is 0 Å². The molecule has 2 N–H and O–H groups in total. The number of benzene rings is 1. The van der Waals surface area contributed by atoms with Crippen LogP contribution in [0.5, 0.6) is 5.75 Å². The number of likely N-dealkylation sites (tertiary alicyclic amines) is 1. The molecule has 1 atom stereocenters. The van der Waals surface area contributed by atoms with Crippen molar-refractivity contribution in [1.29, 1.82) is 0 Å². The maximum Gasteiger partial charge on any atom is 0.256 e. The molecule has 0 aliphatic carbocycles. The zero-order valence-corrected chi connectivity index (χ0v) is 22.6. The van der Waals surface area contributed by atoms with E-state index in [2.05, 4.69) is 32.8 Å². The fourth-order valence-electron chi connectivity index (χ4n) is 6.12. The Balaban J connectivity index is 1.35. The molecule has 4 heterocycles. The van der Waals surface area contributed by atoms with Crippen molar-refractivity contribution in [3.8, 4) is 5.75 Å². The van der Waals surface area contributed by atoms with Gasteiger partial charge in [-0.05, 0) is 64.8 Å². The molecule has 1 aromatic carbocycles. The van der Waals surface area contributed by atoms with Crippen molar-refractivity contribution in [2.75, 3.05) is 40.0 Å². The van der Waals surface area contributed by atoms with E-state index in [1.165, 1.54) is 7.11 Å². The predicted octanol–water partition coefficient (Wildman–Crippen LogP) is 3.90. The average molecular weight is 525 g/mol. The third kappa shape index (κ3) is 4.97. The standard InChI is InChI=1S/C29H37FN4O4/c1-18-13-25(37-4)23(27(35)32-18)14-31-28(36)26-20(3)34(24-8-6-5-7-22(24)26)19(2)21-9-11-33(12-10-21)15-29(30)16-38-17-29/h5-8,13,19,21H,9-12,14-17H2,1-4H3,(H,31,36)(H,32,35). The van der Waals surface area contributed by atoms with Crippen LogP contribution in [0.1, 0.15) is 53.1 Å². The van der Waals surface area contributed by atoms with Gasteiger partial charge in [0.25, 0.3) is 11.5 Å². The number of para-hydroxylation sites is 1. The summed E-state index contributed by atoms with van der Waals surface area (Å²) in [7, 11) is 1.51. The molecular formula is C29H37FN4O4. The summed E-state index contributed by atoms with van der Waals surface area (Å²) >= 11 is 0. The largest absolute Gasteiger partial charge is 0.496 e. The van der Waals surface area contributed by atoms with Gasteiger partial charge in [-0.1, -0.05) is 18.2 Å². The van der Waals surface area contributed by atoms with Gasteiger partial charge in [0.2, 0.25) is 0 Å². The molecule has 8 nitrogen and oxygen atoms in total. The molecule has 0 radical (unpaired) electrons. The number of aromatic amines is 1. The molecule has 2 aliphatic rings. The highest BCUT2D eigenvalue weighted by Gasteiger charge is 2.41. The normalized spacial score (nSPS) is 18.8. The van der Waals surface area contributed by atoms with Gasteiger partial charge >= 0.3 is 0 Å². The summed E-state index contributed by atoms with van der Waals surface area (Å²) in [6, 6.07) is 9.89. The first-order valence-corrected chi connectivity index (χ1v) is 13.3. The van der Waals surface area contributed by atoms with Gasteiger partial charge in [0.1, 0.15) is 5.75 Å². The molecule has 5 rings (SSSR count). The van der Waals surface area contributed by atoms with E-state index in [-0.39, 0.29) is 37.3 Å². The number of methoxy groups -OCH3 is 1. The number of carbonyl (C=O) groups excluding carboxylic acids is 1. The van der Waals surface area contributed by atoms with Crippen LogP contribution in [0.25, 0.3) is 10.9 Å². The third-order valence-electron chi connectivity index (χ3n) is 8.21. The first-order valence-electron chi connectivity index (χ1n) is 13.3. The maximum atomic E-state index is 14.5.